The van der Waals surface area contributed by atoms with E-state index in [1.165, 1.54) is 5.19 Å². The van der Waals surface area contributed by atoms with Gasteiger partial charge in [0.25, 0.3) is 0 Å². The number of hydrogen-bond acceptors (Lipinski definition) is 3. The van der Waals surface area contributed by atoms with Gasteiger partial charge >= 0.3 is 0 Å². The molecule has 0 atom stereocenters. The first-order chi connectivity index (χ1) is 17.5. The van der Waals surface area contributed by atoms with Crippen LogP contribution in [0, 0.1) is 0 Å². The van der Waals surface area contributed by atoms with Gasteiger partial charge in [-0.1, -0.05) is 85.5 Å². The van der Waals surface area contributed by atoms with Crippen LogP contribution in [0.1, 0.15) is 0 Å². The molecule has 36 heavy (non-hydrogen) atoms. The summed E-state index contributed by atoms with van der Waals surface area (Å²) >= 11 is 0. The fraction of sp³-hybridized carbons (Fsp3) is 0.0938. The number of aromatic nitrogens is 1. The predicted octanol–water partition coefficient (Wildman–Crippen LogP) is 8.76. The largest absolute Gasteiger partial charge is 0.455 e. The van der Waals surface area contributed by atoms with Gasteiger partial charge in [-0.3, -0.25) is 4.98 Å². The average molecular weight is 484 g/mol. The SMILES string of the molecule is C[Si](C)(C)c1cccc(-c2cc(-c3c4oc5ccccc5c4cc4c3oc3ccccc34)ccn2)c1. The number of benzene rings is 4. The van der Waals surface area contributed by atoms with Crippen LogP contribution >= 0.6 is 0 Å². The summed E-state index contributed by atoms with van der Waals surface area (Å²) in [6.07, 6.45) is 1.89. The van der Waals surface area contributed by atoms with Crippen LogP contribution in [0.4, 0.5) is 0 Å². The molecule has 0 fully saturated rings. The Hall–Kier alpha value is -4.15. The van der Waals surface area contributed by atoms with Gasteiger partial charge in [-0.25, -0.2) is 0 Å². The van der Waals surface area contributed by atoms with Gasteiger partial charge in [0.05, 0.1) is 19.3 Å². The topological polar surface area (TPSA) is 39.2 Å². The molecule has 3 aromatic heterocycles. The van der Waals surface area contributed by atoms with Crippen molar-refractivity contribution in [1.29, 1.82) is 0 Å². The molecule has 7 rings (SSSR count). The Kier molecular flexibility index (Phi) is 4.51. The molecule has 0 amide bonds. The summed E-state index contributed by atoms with van der Waals surface area (Å²) in [6.45, 7) is 7.11. The van der Waals surface area contributed by atoms with E-state index in [2.05, 4.69) is 86.4 Å². The molecular formula is C32H25NO2Si. The van der Waals surface area contributed by atoms with Crippen molar-refractivity contribution in [2.45, 2.75) is 19.6 Å². The molecule has 4 heteroatoms. The van der Waals surface area contributed by atoms with Gasteiger partial charge < -0.3 is 8.83 Å². The molecule has 0 unspecified atom stereocenters. The van der Waals surface area contributed by atoms with Gasteiger partial charge in [-0.15, -0.1) is 0 Å². The third kappa shape index (κ3) is 3.22. The molecule has 7 aromatic rings. The van der Waals surface area contributed by atoms with Crippen LogP contribution in [0.3, 0.4) is 0 Å². The lowest BCUT2D eigenvalue weighted by molar-refractivity contribution is 0.658. The van der Waals surface area contributed by atoms with Crippen molar-refractivity contribution in [2.24, 2.45) is 0 Å². The summed E-state index contributed by atoms with van der Waals surface area (Å²) in [6, 6.07) is 31.7. The number of para-hydroxylation sites is 2. The smallest absolute Gasteiger partial charge is 0.147 e. The van der Waals surface area contributed by atoms with Gasteiger partial charge in [-0.2, -0.15) is 0 Å². The van der Waals surface area contributed by atoms with Crippen LogP contribution in [0.5, 0.6) is 0 Å². The summed E-state index contributed by atoms with van der Waals surface area (Å²) in [4.78, 5) is 4.76. The number of fused-ring (bicyclic) bond motifs is 6. The molecule has 4 aromatic carbocycles. The first kappa shape index (κ1) is 21.2. The highest BCUT2D eigenvalue weighted by Gasteiger charge is 2.22. The van der Waals surface area contributed by atoms with Gasteiger partial charge in [0.15, 0.2) is 0 Å². The minimum Gasteiger partial charge on any atom is -0.455 e. The van der Waals surface area contributed by atoms with Crippen LogP contribution < -0.4 is 5.19 Å². The van der Waals surface area contributed by atoms with Crippen molar-refractivity contribution in [1.82, 2.24) is 4.98 Å². The fourth-order valence-corrected chi connectivity index (χ4v) is 6.37. The summed E-state index contributed by atoms with van der Waals surface area (Å²) in [5, 5.41) is 5.83. The van der Waals surface area contributed by atoms with Gasteiger partial charge in [0.1, 0.15) is 22.3 Å². The molecule has 0 spiro atoms. The minimum absolute atomic E-state index is 0.843. The molecule has 0 saturated heterocycles. The highest BCUT2D eigenvalue weighted by molar-refractivity contribution is 6.88. The second-order valence-corrected chi connectivity index (χ2v) is 15.5. The maximum absolute atomic E-state index is 6.48. The first-order valence-corrected chi connectivity index (χ1v) is 15.8. The van der Waals surface area contributed by atoms with Crippen LogP contribution in [0.15, 0.2) is 106 Å². The number of nitrogens with zero attached hydrogens (tertiary/aromatic N) is 1. The van der Waals surface area contributed by atoms with Crippen LogP contribution in [-0.4, -0.2) is 13.1 Å². The maximum Gasteiger partial charge on any atom is 0.147 e. The van der Waals surface area contributed by atoms with Crippen LogP contribution in [-0.2, 0) is 0 Å². The zero-order chi connectivity index (χ0) is 24.4. The second kappa shape index (κ2) is 7.67. The van der Waals surface area contributed by atoms with E-state index >= 15 is 0 Å². The van der Waals surface area contributed by atoms with Crippen molar-refractivity contribution < 1.29 is 8.83 Å². The van der Waals surface area contributed by atoms with E-state index in [1.807, 2.05) is 30.5 Å². The van der Waals surface area contributed by atoms with Crippen molar-refractivity contribution in [3.8, 4) is 22.4 Å². The molecule has 0 aliphatic rings. The summed E-state index contributed by atoms with van der Waals surface area (Å²) in [7, 11) is -1.44. The molecule has 0 radical (unpaired) electrons. The Bertz CT molecular complexity index is 1850. The quantitative estimate of drug-likeness (QED) is 0.236. The van der Waals surface area contributed by atoms with Gasteiger partial charge in [0, 0.05) is 33.3 Å². The zero-order valence-corrected chi connectivity index (χ0v) is 21.5. The van der Waals surface area contributed by atoms with E-state index in [1.54, 1.807) is 0 Å². The molecule has 0 aliphatic carbocycles. The van der Waals surface area contributed by atoms with Crippen molar-refractivity contribution >= 4 is 57.1 Å². The number of pyridine rings is 1. The zero-order valence-electron chi connectivity index (χ0n) is 20.5. The van der Waals surface area contributed by atoms with Crippen LogP contribution in [0.25, 0.3) is 66.3 Å². The molecule has 0 N–H and O–H groups in total. The fourth-order valence-electron chi connectivity index (χ4n) is 5.19. The molecular weight excluding hydrogens is 458 g/mol. The van der Waals surface area contributed by atoms with E-state index in [4.69, 9.17) is 13.8 Å². The third-order valence-corrected chi connectivity index (χ3v) is 9.13. The van der Waals surface area contributed by atoms with Gasteiger partial charge in [-0.05, 0) is 35.9 Å². The van der Waals surface area contributed by atoms with E-state index in [9.17, 15) is 0 Å². The standard InChI is InChI=1S/C32H25NO2Si/c1-36(2,3)22-10-8-9-20(17-22)27-18-21(15-16-33-27)30-31-25(23-11-4-6-13-28(23)34-31)19-26-24-12-5-7-14-29(24)35-32(26)30/h4-19H,1-3H3. The third-order valence-electron chi connectivity index (χ3n) is 7.08. The predicted molar refractivity (Wildman–Crippen MR) is 153 cm³/mol. The number of hydrogen-bond donors (Lipinski definition) is 0. The summed E-state index contributed by atoms with van der Waals surface area (Å²) in [5.41, 5.74) is 7.53. The average Bonchev–Trinajstić information content (AvgIpc) is 3.45. The van der Waals surface area contributed by atoms with E-state index in [-0.39, 0.29) is 0 Å². The molecule has 0 saturated carbocycles. The Morgan fingerprint density at radius 3 is 1.86 bits per heavy atom. The molecule has 0 aliphatic heterocycles. The van der Waals surface area contributed by atoms with E-state index in [0.29, 0.717) is 0 Å². The minimum atomic E-state index is -1.44. The molecule has 0 bridgehead atoms. The normalized spacial score (nSPS) is 12.3. The van der Waals surface area contributed by atoms with Crippen molar-refractivity contribution in [2.75, 3.05) is 0 Å². The molecule has 3 heterocycles. The lowest BCUT2D eigenvalue weighted by Gasteiger charge is -2.17. The van der Waals surface area contributed by atoms with Crippen molar-refractivity contribution in [3.63, 3.8) is 0 Å². The first-order valence-electron chi connectivity index (χ1n) is 12.3. The Labute approximate surface area is 210 Å². The Morgan fingerprint density at radius 2 is 1.22 bits per heavy atom. The summed E-state index contributed by atoms with van der Waals surface area (Å²) in [5.74, 6) is 0. The van der Waals surface area contributed by atoms with Crippen LogP contribution in [0.2, 0.25) is 19.6 Å². The Balaban J connectivity index is 1.55. The molecule has 3 nitrogen and oxygen atoms in total. The van der Waals surface area contributed by atoms with Crippen molar-refractivity contribution in [3.05, 3.63) is 97.2 Å². The van der Waals surface area contributed by atoms with E-state index in [0.717, 1.165) is 66.3 Å². The number of rotatable bonds is 3. The number of furan rings is 2. The van der Waals surface area contributed by atoms with E-state index < -0.39 is 8.07 Å². The summed E-state index contributed by atoms with van der Waals surface area (Å²) < 4.78 is 13.0. The molecule has 174 valence electrons. The Morgan fingerprint density at radius 1 is 0.583 bits per heavy atom. The highest BCUT2D eigenvalue weighted by Crippen LogP contribution is 2.44. The lowest BCUT2D eigenvalue weighted by atomic mass is 9.98. The second-order valence-electron chi connectivity index (χ2n) is 10.5. The monoisotopic (exact) mass is 483 g/mol. The highest BCUT2D eigenvalue weighted by atomic mass is 28.3. The maximum atomic E-state index is 6.48. The van der Waals surface area contributed by atoms with Gasteiger partial charge in [0.2, 0.25) is 0 Å². The lowest BCUT2D eigenvalue weighted by Crippen LogP contribution is -2.37.